The van der Waals surface area contributed by atoms with Gasteiger partial charge in [0.2, 0.25) is 5.91 Å². The molecule has 0 aliphatic carbocycles. The summed E-state index contributed by atoms with van der Waals surface area (Å²) in [6.45, 7) is 5.64. The molecule has 4 amide bonds. The van der Waals surface area contributed by atoms with Crippen molar-refractivity contribution >= 4 is 59.3 Å². The topological polar surface area (TPSA) is 202 Å². The number of primary amides is 1. The molecular formula is C42H43N7O7. The number of aromatic hydroxyl groups is 3. The van der Waals surface area contributed by atoms with Crippen LogP contribution < -0.4 is 5.73 Å². The zero-order valence-corrected chi connectivity index (χ0v) is 31.1. The monoisotopic (exact) mass is 757 g/mol. The van der Waals surface area contributed by atoms with E-state index < -0.39 is 0 Å². The fourth-order valence-electron chi connectivity index (χ4n) is 7.62. The number of hydrogen-bond donors (Lipinski definition) is 4. The lowest BCUT2D eigenvalue weighted by molar-refractivity contribution is -0.117. The van der Waals surface area contributed by atoms with Crippen molar-refractivity contribution in [3.05, 3.63) is 94.1 Å². The number of hydrogen-bond acceptors (Lipinski definition) is 10. The Morgan fingerprint density at radius 1 is 0.768 bits per heavy atom. The van der Waals surface area contributed by atoms with E-state index in [2.05, 4.69) is 15.0 Å². The first-order chi connectivity index (χ1) is 26.9. The minimum atomic E-state index is -0.389. The second-order valence-corrected chi connectivity index (χ2v) is 14.4. The van der Waals surface area contributed by atoms with Gasteiger partial charge in [0, 0.05) is 50.8 Å². The SMILES string of the molecule is C/C=C1\C[C@H]2C=Nc3cc(O)c(O)cc3C(=O)N2C1.Cc1ccc2c(c1O)N=C[C@@H]1C/C(=C\CC(N)=O)CN1C2=O.O=C1c2ccccc2N=C[C@@H]2CCCN12. The molecule has 56 heavy (non-hydrogen) atoms. The van der Waals surface area contributed by atoms with Gasteiger partial charge in [-0.1, -0.05) is 41.5 Å². The first kappa shape index (κ1) is 37.7. The Morgan fingerprint density at radius 3 is 2.14 bits per heavy atom. The minimum Gasteiger partial charge on any atom is -0.505 e. The van der Waals surface area contributed by atoms with Crippen LogP contribution in [-0.4, -0.2) is 110 Å². The molecule has 0 aromatic heterocycles. The van der Waals surface area contributed by atoms with Gasteiger partial charge in [0.1, 0.15) is 11.4 Å². The Morgan fingerprint density at radius 2 is 1.39 bits per heavy atom. The van der Waals surface area contributed by atoms with E-state index in [4.69, 9.17) is 5.73 Å². The van der Waals surface area contributed by atoms with Gasteiger partial charge in [0.05, 0.1) is 46.2 Å². The summed E-state index contributed by atoms with van der Waals surface area (Å²) < 4.78 is 0. The molecule has 6 aliphatic rings. The summed E-state index contributed by atoms with van der Waals surface area (Å²) in [6, 6.07) is 13.6. The van der Waals surface area contributed by atoms with Crippen LogP contribution in [0.2, 0.25) is 0 Å². The van der Waals surface area contributed by atoms with Crippen molar-refractivity contribution < 1.29 is 34.5 Å². The van der Waals surface area contributed by atoms with Gasteiger partial charge in [-0.25, -0.2) is 0 Å². The number of allylic oxidation sites excluding steroid dienone is 1. The van der Waals surface area contributed by atoms with Crippen LogP contribution in [0.1, 0.15) is 75.7 Å². The molecule has 9 rings (SSSR count). The maximum absolute atomic E-state index is 12.7. The van der Waals surface area contributed by atoms with Crippen molar-refractivity contribution in [1.82, 2.24) is 14.7 Å². The molecule has 5 N–H and O–H groups in total. The molecule has 0 spiro atoms. The maximum atomic E-state index is 12.7. The van der Waals surface area contributed by atoms with Gasteiger partial charge in [-0.05, 0) is 69.4 Å². The van der Waals surface area contributed by atoms with Crippen molar-refractivity contribution in [3.63, 3.8) is 0 Å². The average molecular weight is 758 g/mol. The third-order valence-corrected chi connectivity index (χ3v) is 10.8. The molecule has 6 aliphatic heterocycles. The highest BCUT2D eigenvalue weighted by Gasteiger charge is 2.36. The Bertz CT molecular complexity index is 2280. The highest BCUT2D eigenvalue weighted by Crippen LogP contribution is 2.39. The largest absolute Gasteiger partial charge is 0.505 e. The number of carbonyl (C=O) groups excluding carboxylic acids is 4. The van der Waals surface area contributed by atoms with Crippen LogP contribution >= 0.6 is 0 Å². The molecule has 0 bridgehead atoms. The molecule has 3 atom stereocenters. The van der Waals surface area contributed by atoms with Gasteiger partial charge in [0.15, 0.2) is 11.5 Å². The van der Waals surface area contributed by atoms with Gasteiger partial charge in [-0.15, -0.1) is 0 Å². The molecule has 3 aromatic carbocycles. The van der Waals surface area contributed by atoms with Gasteiger partial charge >= 0.3 is 0 Å². The quantitative estimate of drug-likeness (QED) is 0.198. The molecule has 0 unspecified atom stereocenters. The van der Waals surface area contributed by atoms with Crippen molar-refractivity contribution in [1.29, 1.82) is 0 Å². The summed E-state index contributed by atoms with van der Waals surface area (Å²) in [7, 11) is 0. The number of benzene rings is 3. The lowest BCUT2D eigenvalue weighted by Crippen LogP contribution is -2.35. The number of aliphatic imine (C=N–C) groups is 3. The van der Waals surface area contributed by atoms with Crippen LogP contribution in [0.5, 0.6) is 17.2 Å². The molecule has 0 saturated carbocycles. The van der Waals surface area contributed by atoms with Crippen LogP contribution in [0.3, 0.4) is 0 Å². The first-order valence-electron chi connectivity index (χ1n) is 18.6. The normalized spacial score (nSPS) is 22.8. The number of aryl methyl sites for hydroxylation is 1. The minimum absolute atomic E-state index is 0.0459. The van der Waals surface area contributed by atoms with Crippen molar-refractivity contribution in [3.8, 4) is 17.2 Å². The maximum Gasteiger partial charge on any atom is 0.257 e. The summed E-state index contributed by atoms with van der Waals surface area (Å²) in [5, 5.41) is 29.1. The fraction of sp³-hybridized carbons (Fsp3) is 0.310. The van der Waals surface area contributed by atoms with Crippen molar-refractivity contribution in [2.75, 3.05) is 19.6 Å². The van der Waals surface area contributed by atoms with E-state index in [1.807, 2.05) is 48.4 Å². The predicted octanol–water partition coefficient (Wildman–Crippen LogP) is 5.41. The summed E-state index contributed by atoms with van der Waals surface area (Å²) in [6.07, 6.45) is 12.9. The Labute approximate surface area is 323 Å². The number of nitrogens with zero attached hydrogens (tertiary/aromatic N) is 6. The molecule has 288 valence electrons. The summed E-state index contributed by atoms with van der Waals surface area (Å²) >= 11 is 0. The molecule has 3 aromatic rings. The third kappa shape index (κ3) is 7.41. The van der Waals surface area contributed by atoms with E-state index in [9.17, 15) is 34.5 Å². The number of amides is 4. The third-order valence-electron chi connectivity index (χ3n) is 10.8. The number of para-hydroxylation sites is 1. The number of phenols is 3. The zero-order chi connectivity index (χ0) is 39.7. The van der Waals surface area contributed by atoms with Crippen LogP contribution in [-0.2, 0) is 4.79 Å². The number of fused-ring (bicyclic) bond motifs is 6. The number of carbonyl (C=O) groups is 4. The average Bonchev–Trinajstić information content (AvgIpc) is 3.90. The van der Waals surface area contributed by atoms with E-state index in [1.54, 1.807) is 47.4 Å². The molecule has 14 nitrogen and oxygen atoms in total. The van der Waals surface area contributed by atoms with E-state index in [1.165, 1.54) is 17.7 Å². The van der Waals surface area contributed by atoms with Gasteiger partial charge in [-0.3, -0.25) is 34.2 Å². The number of rotatable bonds is 2. The lowest BCUT2D eigenvalue weighted by atomic mass is 10.1. The Balaban J connectivity index is 0.000000131. The fourth-order valence-corrected chi connectivity index (χ4v) is 7.62. The van der Waals surface area contributed by atoms with Gasteiger partial charge in [0.25, 0.3) is 17.7 Å². The van der Waals surface area contributed by atoms with E-state index in [0.717, 1.165) is 42.6 Å². The predicted molar refractivity (Wildman–Crippen MR) is 212 cm³/mol. The number of nitrogens with two attached hydrogens (primary N) is 1. The summed E-state index contributed by atoms with van der Waals surface area (Å²) in [5.41, 5.74) is 11.0. The van der Waals surface area contributed by atoms with E-state index in [0.29, 0.717) is 47.6 Å². The van der Waals surface area contributed by atoms with Crippen molar-refractivity contribution in [2.45, 2.75) is 64.1 Å². The van der Waals surface area contributed by atoms with Crippen molar-refractivity contribution in [2.24, 2.45) is 20.7 Å². The molecular weight excluding hydrogens is 715 g/mol. The number of phenolic OH excluding ortho intramolecular Hbond substituents is 3. The second-order valence-electron chi connectivity index (χ2n) is 14.4. The Kier molecular flexibility index (Phi) is 10.5. The Hall–Kier alpha value is -6.57. The highest BCUT2D eigenvalue weighted by molar-refractivity contribution is 6.05. The molecule has 6 heterocycles. The molecule has 3 saturated heterocycles. The van der Waals surface area contributed by atoms with Crippen LogP contribution in [0.25, 0.3) is 0 Å². The first-order valence-corrected chi connectivity index (χ1v) is 18.6. The standard InChI is InChI=1S/C16H17N3O3.C14H14N2O3.C12H12N2O/c1-9-2-4-12-14(15(9)21)18-7-11-6-10(3-5-13(17)20)8-19(11)16(12)22;1-2-8-3-9-6-15-11-5-13(18)12(17)4-10(11)14(19)16(9)7-8;15-12-10-5-1-2-6-11(10)13-8-9-4-3-7-14(9)12/h2-4,7,11,21H,5-6,8H2,1H3,(H2,17,20);2,4-6,9,17-18H,3,7H2,1H3;1-2,5-6,8-9H,3-4,7H2/b10-3+;8-2+;/t11-;2*9-/m000/s1. The van der Waals surface area contributed by atoms with Gasteiger partial charge in [-0.2, -0.15) is 0 Å². The van der Waals surface area contributed by atoms with Gasteiger partial charge < -0.3 is 35.8 Å². The van der Waals surface area contributed by atoms with E-state index in [-0.39, 0.29) is 65.4 Å². The molecule has 0 radical (unpaired) electrons. The lowest BCUT2D eigenvalue weighted by Gasteiger charge is -2.19. The van der Waals surface area contributed by atoms with Crippen LogP contribution in [0, 0.1) is 6.92 Å². The molecule has 14 heteroatoms. The highest BCUT2D eigenvalue weighted by atomic mass is 16.3. The smallest absolute Gasteiger partial charge is 0.257 e. The molecule has 3 fully saturated rings. The van der Waals surface area contributed by atoms with E-state index >= 15 is 0 Å². The second kappa shape index (κ2) is 15.7. The zero-order valence-electron chi connectivity index (χ0n) is 31.1. The van der Waals surface area contributed by atoms with Crippen LogP contribution in [0.4, 0.5) is 17.1 Å². The summed E-state index contributed by atoms with van der Waals surface area (Å²) in [5.74, 6) is -1.09. The summed E-state index contributed by atoms with van der Waals surface area (Å²) in [4.78, 5) is 66.5. The van der Waals surface area contributed by atoms with Crippen LogP contribution in [0.15, 0.2) is 86.8 Å².